The largest absolute Gasteiger partial charge is 0.465 e. The van der Waals surface area contributed by atoms with Gasteiger partial charge in [-0.15, -0.1) is 0 Å². The predicted octanol–water partition coefficient (Wildman–Crippen LogP) is 3.68. The molecule has 1 heterocycles. The SMILES string of the molecule is COC(=O)c1ccc2c(c1)C=CC2c1ccc(Cl)cn1. The second-order valence-corrected chi connectivity index (χ2v) is 5.01. The first-order valence-corrected chi connectivity index (χ1v) is 6.59. The van der Waals surface area contributed by atoms with Gasteiger partial charge in [-0.25, -0.2) is 4.79 Å². The fourth-order valence-electron chi connectivity index (χ4n) is 2.38. The van der Waals surface area contributed by atoms with E-state index < -0.39 is 0 Å². The van der Waals surface area contributed by atoms with Crippen molar-refractivity contribution in [3.8, 4) is 0 Å². The van der Waals surface area contributed by atoms with E-state index in [1.54, 1.807) is 12.3 Å². The minimum atomic E-state index is -0.325. The molecule has 0 bridgehead atoms. The molecule has 0 fully saturated rings. The number of ether oxygens (including phenoxy) is 1. The van der Waals surface area contributed by atoms with Crippen molar-refractivity contribution in [3.05, 3.63) is 70.0 Å². The van der Waals surface area contributed by atoms with Crippen LogP contribution in [-0.4, -0.2) is 18.1 Å². The van der Waals surface area contributed by atoms with Crippen molar-refractivity contribution in [2.24, 2.45) is 0 Å². The summed E-state index contributed by atoms with van der Waals surface area (Å²) >= 11 is 5.86. The first-order valence-electron chi connectivity index (χ1n) is 6.21. The van der Waals surface area contributed by atoms with Gasteiger partial charge in [0, 0.05) is 12.1 Å². The third kappa shape index (κ3) is 2.21. The molecule has 1 atom stereocenters. The molecule has 20 heavy (non-hydrogen) atoms. The van der Waals surface area contributed by atoms with Gasteiger partial charge in [0.15, 0.2) is 0 Å². The monoisotopic (exact) mass is 285 g/mol. The third-order valence-corrected chi connectivity index (χ3v) is 3.60. The molecular formula is C16H12ClNO2. The molecular weight excluding hydrogens is 274 g/mol. The smallest absolute Gasteiger partial charge is 0.337 e. The lowest BCUT2D eigenvalue weighted by Crippen LogP contribution is -2.03. The van der Waals surface area contributed by atoms with Crippen LogP contribution < -0.4 is 0 Å². The summed E-state index contributed by atoms with van der Waals surface area (Å²) in [7, 11) is 1.38. The van der Waals surface area contributed by atoms with Gasteiger partial charge in [-0.3, -0.25) is 4.98 Å². The fourth-order valence-corrected chi connectivity index (χ4v) is 2.49. The average Bonchev–Trinajstić information content (AvgIpc) is 2.90. The zero-order valence-electron chi connectivity index (χ0n) is 10.8. The highest BCUT2D eigenvalue weighted by Gasteiger charge is 2.21. The average molecular weight is 286 g/mol. The fraction of sp³-hybridized carbons (Fsp3) is 0.125. The number of aromatic nitrogens is 1. The zero-order valence-corrected chi connectivity index (χ0v) is 11.6. The summed E-state index contributed by atoms with van der Waals surface area (Å²) in [5.74, 6) is -0.219. The maximum absolute atomic E-state index is 11.5. The van der Waals surface area contributed by atoms with Crippen LogP contribution in [-0.2, 0) is 4.74 Å². The molecule has 4 heteroatoms. The highest BCUT2D eigenvalue weighted by atomic mass is 35.5. The quantitative estimate of drug-likeness (QED) is 0.790. The number of esters is 1. The number of hydrogen-bond donors (Lipinski definition) is 0. The van der Waals surface area contributed by atoms with Crippen LogP contribution in [0, 0.1) is 0 Å². The highest BCUT2D eigenvalue weighted by Crippen LogP contribution is 2.35. The number of pyridine rings is 1. The lowest BCUT2D eigenvalue weighted by atomic mass is 9.96. The summed E-state index contributed by atoms with van der Waals surface area (Å²) in [4.78, 5) is 15.9. The second-order valence-electron chi connectivity index (χ2n) is 4.57. The van der Waals surface area contributed by atoms with E-state index in [1.807, 2.05) is 30.3 Å². The van der Waals surface area contributed by atoms with Crippen LogP contribution in [0.4, 0.5) is 0 Å². The van der Waals surface area contributed by atoms with Gasteiger partial charge in [0.1, 0.15) is 0 Å². The Bertz CT molecular complexity index is 692. The number of hydrogen-bond acceptors (Lipinski definition) is 3. The van der Waals surface area contributed by atoms with E-state index in [4.69, 9.17) is 16.3 Å². The van der Waals surface area contributed by atoms with Crippen molar-refractivity contribution in [2.75, 3.05) is 7.11 Å². The maximum atomic E-state index is 11.5. The molecule has 100 valence electrons. The second kappa shape index (κ2) is 5.10. The van der Waals surface area contributed by atoms with Crippen molar-refractivity contribution >= 4 is 23.6 Å². The van der Waals surface area contributed by atoms with E-state index in [0.29, 0.717) is 10.6 Å². The van der Waals surface area contributed by atoms with Crippen molar-refractivity contribution < 1.29 is 9.53 Å². The number of methoxy groups -OCH3 is 1. The van der Waals surface area contributed by atoms with E-state index in [2.05, 4.69) is 11.1 Å². The van der Waals surface area contributed by atoms with Crippen molar-refractivity contribution in [1.82, 2.24) is 4.98 Å². The summed E-state index contributed by atoms with van der Waals surface area (Å²) in [6.07, 6.45) is 5.72. The van der Waals surface area contributed by atoms with E-state index in [9.17, 15) is 4.79 Å². The number of allylic oxidation sites excluding steroid dienone is 1. The number of nitrogens with zero attached hydrogens (tertiary/aromatic N) is 1. The van der Waals surface area contributed by atoms with E-state index >= 15 is 0 Å². The van der Waals surface area contributed by atoms with Crippen LogP contribution in [0.25, 0.3) is 6.08 Å². The Hall–Kier alpha value is -2.13. The number of rotatable bonds is 2. The van der Waals surface area contributed by atoms with Crippen molar-refractivity contribution in [3.63, 3.8) is 0 Å². The number of halogens is 1. The Morgan fingerprint density at radius 3 is 2.85 bits per heavy atom. The Morgan fingerprint density at radius 1 is 1.30 bits per heavy atom. The Balaban J connectivity index is 1.97. The van der Waals surface area contributed by atoms with E-state index in [0.717, 1.165) is 16.8 Å². The topological polar surface area (TPSA) is 39.2 Å². The lowest BCUT2D eigenvalue weighted by molar-refractivity contribution is 0.0600. The van der Waals surface area contributed by atoms with Gasteiger partial charge >= 0.3 is 5.97 Å². The minimum Gasteiger partial charge on any atom is -0.465 e. The number of carbonyl (C=O) groups excluding carboxylic acids is 1. The molecule has 3 rings (SSSR count). The number of benzene rings is 1. The summed E-state index contributed by atoms with van der Waals surface area (Å²) < 4.78 is 4.73. The molecule has 1 unspecified atom stereocenters. The molecule has 3 nitrogen and oxygen atoms in total. The Morgan fingerprint density at radius 2 is 2.15 bits per heavy atom. The van der Waals surface area contributed by atoms with Crippen LogP contribution in [0.3, 0.4) is 0 Å². The van der Waals surface area contributed by atoms with Crippen LogP contribution in [0.15, 0.2) is 42.6 Å². The van der Waals surface area contributed by atoms with Gasteiger partial charge in [-0.05, 0) is 35.4 Å². The molecule has 1 aliphatic carbocycles. The summed E-state index contributed by atoms with van der Waals surface area (Å²) in [5.41, 5.74) is 3.65. The Kier molecular flexibility index (Phi) is 3.28. The first kappa shape index (κ1) is 12.9. The highest BCUT2D eigenvalue weighted by molar-refractivity contribution is 6.30. The first-order chi connectivity index (χ1) is 9.69. The van der Waals surface area contributed by atoms with Gasteiger partial charge in [0.05, 0.1) is 23.4 Å². The molecule has 1 aromatic carbocycles. The normalized spacial score (nSPS) is 16.0. The third-order valence-electron chi connectivity index (χ3n) is 3.38. The molecule has 0 N–H and O–H groups in total. The van der Waals surface area contributed by atoms with Gasteiger partial charge in [-0.2, -0.15) is 0 Å². The zero-order chi connectivity index (χ0) is 14.1. The van der Waals surface area contributed by atoms with Crippen molar-refractivity contribution in [2.45, 2.75) is 5.92 Å². The molecule has 1 aromatic heterocycles. The molecule has 0 saturated heterocycles. The van der Waals surface area contributed by atoms with Gasteiger partial charge < -0.3 is 4.74 Å². The molecule has 0 amide bonds. The lowest BCUT2D eigenvalue weighted by Gasteiger charge is -2.11. The van der Waals surface area contributed by atoms with Crippen LogP contribution in [0.1, 0.15) is 33.1 Å². The maximum Gasteiger partial charge on any atom is 0.337 e. The molecule has 0 aliphatic heterocycles. The van der Waals surface area contributed by atoms with E-state index in [-0.39, 0.29) is 11.9 Å². The van der Waals surface area contributed by atoms with Crippen LogP contribution >= 0.6 is 11.6 Å². The number of carbonyl (C=O) groups is 1. The van der Waals surface area contributed by atoms with Crippen LogP contribution in [0.5, 0.6) is 0 Å². The molecule has 1 aliphatic rings. The summed E-state index contributed by atoms with van der Waals surface area (Å²) in [6, 6.07) is 9.32. The van der Waals surface area contributed by atoms with Gasteiger partial charge in [0.25, 0.3) is 0 Å². The Labute approximate surface area is 121 Å². The summed E-state index contributed by atoms with van der Waals surface area (Å²) in [6.45, 7) is 0. The molecule has 0 spiro atoms. The van der Waals surface area contributed by atoms with E-state index in [1.165, 1.54) is 7.11 Å². The minimum absolute atomic E-state index is 0.106. The van der Waals surface area contributed by atoms with Gasteiger partial charge in [0.2, 0.25) is 0 Å². The number of fused-ring (bicyclic) bond motifs is 1. The standard InChI is InChI=1S/C16H12ClNO2/c1-20-16(19)11-3-5-13-10(8-11)2-6-14(13)15-7-4-12(17)9-18-15/h2-9,14H,1H3. The predicted molar refractivity (Wildman–Crippen MR) is 77.9 cm³/mol. The van der Waals surface area contributed by atoms with Gasteiger partial charge in [-0.1, -0.05) is 29.8 Å². The van der Waals surface area contributed by atoms with Crippen LogP contribution in [0.2, 0.25) is 5.02 Å². The summed E-state index contributed by atoms with van der Waals surface area (Å²) in [5, 5.41) is 0.622. The molecule has 2 aromatic rings. The molecule has 0 saturated carbocycles. The van der Waals surface area contributed by atoms with Crippen molar-refractivity contribution in [1.29, 1.82) is 0 Å². The molecule has 0 radical (unpaired) electrons.